The maximum absolute atomic E-state index is 6.49. The zero-order chi connectivity index (χ0) is 31.3. The summed E-state index contributed by atoms with van der Waals surface area (Å²) in [4.78, 5) is 7.39. The first kappa shape index (κ1) is 26.3. The second-order valence-electron chi connectivity index (χ2n) is 12.3. The summed E-state index contributed by atoms with van der Waals surface area (Å²) in [5.41, 5.74) is 7.48. The first-order chi connectivity index (χ1) is 23.8. The van der Waals surface area contributed by atoms with Crippen molar-refractivity contribution in [3.8, 4) is 34.0 Å². The molecule has 0 radical (unpaired) electrons. The number of rotatable bonds is 4. The Morgan fingerprint density at radius 1 is 0.479 bits per heavy atom. The second kappa shape index (κ2) is 9.88. The van der Waals surface area contributed by atoms with Gasteiger partial charge in [-0.3, -0.25) is 0 Å². The van der Waals surface area contributed by atoms with Crippen LogP contribution in [0.25, 0.3) is 85.2 Å². The van der Waals surface area contributed by atoms with Gasteiger partial charge in [0.1, 0.15) is 5.69 Å². The molecule has 1 aliphatic carbocycles. The van der Waals surface area contributed by atoms with Crippen LogP contribution < -0.4 is 4.90 Å². The van der Waals surface area contributed by atoms with Crippen LogP contribution in [0.4, 0.5) is 17.1 Å². The molecule has 3 heterocycles. The molecule has 1 aliphatic rings. The van der Waals surface area contributed by atoms with Crippen molar-refractivity contribution in [1.29, 1.82) is 0 Å². The van der Waals surface area contributed by atoms with E-state index in [1.54, 1.807) is 0 Å². The summed E-state index contributed by atoms with van der Waals surface area (Å²) in [7, 11) is 0. The van der Waals surface area contributed by atoms with Crippen LogP contribution in [0.3, 0.4) is 0 Å². The average molecular weight is 649 g/mol. The molecule has 0 unspecified atom stereocenters. The predicted octanol–water partition coefficient (Wildman–Crippen LogP) is 13.3. The third-order valence-electron chi connectivity index (χ3n) is 9.65. The van der Waals surface area contributed by atoms with Gasteiger partial charge in [-0.05, 0) is 66.0 Å². The van der Waals surface area contributed by atoms with E-state index in [0.717, 1.165) is 45.2 Å². The van der Waals surface area contributed by atoms with Crippen LogP contribution in [0.15, 0.2) is 150 Å². The van der Waals surface area contributed by atoms with Crippen LogP contribution in [0.2, 0.25) is 0 Å². The second-order valence-corrected chi connectivity index (χ2v) is 14.5. The van der Waals surface area contributed by atoms with E-state index < -0.39 is 0 Å². The molecule has 0 aliphatic heterocycles. The van der Waals surface area contributed by atoms with Crippen LogP contribution in [-0.4, -0.2) is 4.98 Å². The largest absolute Gasteiger partial charge is 0.435 e. The van der Waals surface area contributed by atoms with E-state index in [2.05, 4.69) is 150 Å². The highest BCUT2D eigenvalue weighted by Crippen LogP contribution is 2.49. The summed E-state index contributed by atoms with van der Waals surface area (Å²) in [6.07, 6.45) is 0. The Balaban J connectivity index is 1.04. The third kappa shape index (κ3) is 3.77. The van der Waals surface area contributed by atoms with Crippen molar-refractivity contribution >= 4 is 90.9 Å². The number of benzene rings is 7. The van der Waals surface area contributed by atoms with Gasteiger partial charge >= 0.3 is 0 Å². The minimum Gasteiger partial charge on any atom is -0.435 e. The molecule has 0 bridgehead atoms. The first-order valence-corrected chi connectivity index (χ1v) is 17.7. The van der Waals surface area contributed by atoms with Crippen molar-refractivity contribution in [1.82, 2.24) is 4.98 Å². The van der Waals surface area contributed by atoms with Gasteiger partial charge in [-0.25, -0.2) is 4.98 Å². The molecule has 0 spiro atoms. The fraction of sp³-hybridized carbons (Fsp3) is 0. The van der Waals surface area contributed by atoms with Crippen LogP contribution >= 0.6 is 22.7 Å². The van der Waals surface area contributed by atoms with E-state index in [0.29, 0.717) is 5.89 Å². The lowest BCUT2D eigenvalue weighted by molar-refractivity contribution is 0.590. The smallest absolute Gasteiger partial charge is 0.227 e. The Labute approximate surface area is 283 Å². The zero-order valence-corrected chi connectivity index (χ0v) is 27.1. The van der Waals surface area contributed by atoms with Crippen molar-refractivity contribution in [2.45, 2.75) is 0 Å². The lowest BCUT2D eigenvalue weighted by Gasteiger charge is -2.26. The molecule has 0 fully saturated rings. The average Bonchev–Trinajstić information content (AvgIpc) is 3.90. The van der Waals surface area contributed by atoms with E-state index >= 15 is 0 Å². The first-order valence-electron chi connectivity index (χ1n) is 16.0. The van der Waals surface area contributed by atoms with Gasteiger partial charge in [0.05, 0.1) is 0 Å². The zero-order valence-electron chi connectivity index (χ0n) is 25.5. The highest BCUT2D eigenvalue weighted by Gasteiger charge is 2.28. The predicted molar refractivity (Wildman–Crippen MR) is 204 cm³/mol. The molecule has 11 rings (SSSR count). The molecular weight excluding hydrogens is 625 g/mol. The van der Waals surface area contributed by atoms with E-state index in [9.17, 15) is 0 Å². The molecule has 0 saturated heterocycles. The Kier molecular flexibility index (Phi) is 5.42. The highest BCUT2D eigenvalue weighted by molar-refractivity contribution is 7.26. The molecule has 0 amide bonds. The van der Waals surface area contributed by atoms with E-state index in [1.807, 2.05) is 22.7 Å². The fourth-order valence-electron chi connectivity index (χ4n) is 7.44. The van der Waals surface area contributed by atoms with Crippen LogP contribution in [0, 0.1) is 0 Å². The van der Waals surface area contributed by atoms with Crippen LogP contribution in [0.5, 0.6) is 0 Å². The lowest BCUT2D eigenvalue weighted by atomic mass is 10.0. The molecule has 224 valence electrons. The van der Waals surface area contributed by atoms with Gasteiger partial charge in [-0.15, -0.1) is 22.7 Å². The molecule has 7 aromatic carbocycles. The van der Waals surface area contributed by atoms with Crippen molar-refractivity contribution in [2.75, 3.05) is 4.90 Å². The maximum Gasteiger partial charge on any atom is 0.227 e. The quantitative estimate of drug-likeness (QED) is 0.190. The van der Waals surface area contributed by atoms with Gasteiger partial charge in [0, 0.05) is 79.5 Å². The normalized spacial score (nSPS) is 12.2. The van der Waals surface area contributed by atoms with Crippen LogP contribution in [-0.2, 0) is 0 Å². The van der Waals surface area contributed by atoms with Gasteiger partial charge in [0.25, 0.3) is 0 Å². The van der Waals surface area contributed by atoms with Crippen molar-refractivity contribution in [2.24, 2.45) is 0 Å². The van der Waals surface area contributed by atoms with E-state index in [1.165, 1.54) is 51.1 Å². The van der Waals surface area contributed by atoms with Gasteiger partial charge in [-0.1, -0.05) is 84.9 Å². The fourth-order valence-corrected chi connectivity index (χ4v) is 9.72. The van der Waals surface area contributed by atoms with Crippen molar-refractivity contribution < 1.29 is 4.42 Å². The minimum atomic E-state index is 0.642. The number of nitrogens with zero attached hydrogens (tertiary/aromatic N) is 2. The number of fused-ring (bicyclic) bond motifs is 9. The van der Waals surface area contributed by atoms with E-state index in [4.69, 9.17) is 9.40 Å². The minimum absolute atomic E-state index is 0.642. The molecule has 3 nitrogen and oxygen atoms in total. The summed E-state index contributed by atoms with van der Waals surface area (Å²) in [6.45, 7) is 0. The molecule has 0 atom stereocenters. The molecule has 5 heteroatoms. The van der Waals surface area contributed by atoms with Crippen molar-refractivity contribution in [3.05, 3.63) is 146 Å². The number of oxazole rings is 1. The summed E-state index contributed by atoms with van der Waals surface area (Å²) in [5, 5.41) is 7.65. The Morgan fingerprint density at radius 3 is 1.69 bits per heavy atom. The van der Waals surface area contributed by atoms with Gasteiger partial charge in [0.15, 0.2) is 5.76 Å². The Hall–Kier alpha value is -5.75. The molecule has 10 aromatic rings. The number of thiophene rings is 2. The maximum atomic E-state index is 6.49. The molecule has 48 heavy (non-hydrogen) atoms. The summed E-state index contributed by atoms with van der Waals surface area (Å²) >= 11 is 3.70. The number of hydrogen-bond donors (Lipinski definition) is 0. The van der Waals surface area contributed by atoms with Crippen LogP contribution in [0.1, 0.15) is 0 Å². The Bertz CT molecular complexity index is 2740. The van der Waals surface area contributed by atoms with Crippen molar-refractivity contribution in [3.63, 3.8) is 0 Å². The Morgan fingerprint density at radius 2 is 1.04 bits per heavy atom. The third-order valence-corrected chi connectivity index (χ3v) is 11.9. The highest BCUT2D eigenvalue weighted by atomic mass is 32.1. The van der Waals surface area contributed by atoms with Gasteiger partial charge in [-0.2, -0.15) is 0 Å². The van der Waals surface area contributed by atoms with E-state index in [-0.39, 0.29) is 0 Å². The van der Waals surface area contributed by atoms with Gasteiger partial charge < -0.3 is 9.32 Å². The number of anilines is 3. The number of aromatic nitrogens is 1. The number of hydrogen-bond acceptors (Lipinski definition) is 5. The standard InChI is InChI=1S/C43H24N2OS2/c1-3-13-36-30(9-1)32-21-19-28(23-38(32)47-36)45(29-20-22-33-31-10-2-4-14-37(31)48-39(33)24-29)27-17-15-26(16-18-27)43-44-41-34-11-5-7-25-8-6-12-35(40(25)34)42(41)46-43/h1-24H. The SMILES string of the molecule is c1cc2c3c(cccc3c1)-c1oc(-c3ccc(N(c4ccc5c(c4)sc4ccccc45)c4ccc5c(c4)sc4ccccc45)cc3)nc1-2. The van der Waals surface area contributed by atoms with Gasteiger partial charge in [0.2, 0.25) is 5.89 Å². The molecule has 0 N–H and O–H groups in total. The summed E-state index contributed by atoms with van der Waals surface area (Å²) in [6, 6.07) is 52.5. The monoisotopic (exact) mass is 648 g/mol. The topological polar surface area (TPSA) is 29.3 Å². The summed E-state index contributed by atoms with van der Waals surface area (Å²) in [5.74, 6) is 1.50. The lowest BCUT2D eigenvalue weighted by Crippen LogP contribution is -2.09. The molecule has 0 saturated carbocycles. The summed E-state index contributed by atoms with van der Waals surface area (Å²) < 4.78 is 11.7. The molecular formula is C43H24N2OS2. The molecule has 3 aromatic heterocycles.